The van der Waals surface area contributed by atoms with Gasteiger partial charge in [-0.05, 0) is 69.4 Å². The topological polar surface area (TPSA) is 78.0 Å². The summed E-state index contributed by atoms with van der Waals surface area (Å²) in [7, 11) is 4.31. The van der Waals surface area contributed by atoms with E-state index in [0.29, 0.717) is 23.1 Å². The van der Waals surface area contributed by atoms with Crippen molar-refractivity contribution in [1.82, 2.24) is 24.8 Å². The average Bonchev–Trinajstić information content (AvgIpc) is 3.36. The molecule has 4 heterocycles. The molecular weight excluding hydrogens is 448 g/mol. The lowest BCUT2D eigenvalue weighted by molar-refractivity contribution is 0.103. The molecule has 7 nitrogen and oxygen atoms in total. The Morgan fingerprint density at radius 1 is 0.972 bits per heavy atom. The van der Waals surface area contributed by atoms with Gasteiger partial charge in [-0.3, -0.25) is 14.8 Å². The highest BCUT2D eigenvalue weighted by atomic mass is 16.1. The van der Waals surface area contributed by atoms with E-state index in [9.17, 15) is 4.79 Å². The molecular formula is C29H28N6O. The molecule has 1 aliphatic heterocycles. The minimum atomic E-state index is -0.156. The fourth-order valence-electron chi connectivity index (χ4n) is 5.02. The number of rotatable bonds is 5. The summed E-state index contributed by atoms with van der Waals surface area (Å²) in [6.45, 7) is 2.05. The number of pyridine rings is 2. The number of fused-ring (bicyclic) bond motifs is 2. The number of carbonyl (C=O) groups is 1. The third-order valence-electron chi connectivity index (χ3n) is 7.15. The maximum atomic E-state index is 13.3. The molecule has 5 aromatic rings. The van der Waals surface area contributed by atoms with Gasteiger partial charge in [0.2, 0.25) is 5.78 Å². The Kier molecular flexibility index (Phi) is 5.70. The number of hydrogen-bond acceptors (Lipinski definition) is 6. The van der Waals surface area contributed by atoms with Crippen LogP contribution in [0.25, 0.3) is 33.2 Å². The van der Waals surface area contributed by atoms with Gasteiger partial charge in [0.1, 0.15) is 0 Å². The third kappa shape index (κ3) is 4.22. The molecule has 3 aromatic heterocycles. The number of nitrogens with one attached hydrogen (secondary N) is 1. The number of imidazole rings is 1. The third-order valence-corrected chi connectivity index (χ3v) is 7.15. The van der Waals surface area contributed by atoms with Crippen molar-refractivity contribution in [3.63, 3.8) is 0 Å². The highest BCUT2D eigenvalue weighted by Crippen LogP contribution is 2.26. The van der Waals surface area contributed by atoms with Crippen molar-refractivity contribution in [2.75, 3.05) is 32.1 Å². The van der Waals surface area contributed by atoms with Crippen LogP contribution in [0.15, 0.2) is 73.1 Å². The van der Waals surface area contributed by atoms with Crippen molar-refractivity contribution < 1.29 is 4.79 Å². The van der Waals surface area contributed by atoms with E-state index in [0.717, 1.165) is 59.1 Å². The summed E-state index contributed by atoms with van der Waals surface area (Å²) in [6, 6.07) is 20.4. The van der Waals surface area contributed by atoms with Crippen molar-refractivity contribution >= 4 is 33.4 Å². The molecule has 0 atom stereocenters. The van der Waals surface area contributed by atoms with Crippen LogP contribution in [0, 0.1) is 0 Å². The number of para-hydroxylation sites is 1. The number of H-pyrrole nitrogens is 1. The Morgan fingerprint density at radius 3 is 2.64 bits per heavy atom. The van der Waals surface area contributed by atoms with E-state index < -0.39 is 0 Å². The first-order valence-corrected chi connectivity index (χ1v) is 12.3. The SMILES string of the molecule is CN(C)C1CCN(c2ccc3nc(C(=O)c4ccnc(-c5cnc6ccccc6c5)c4)[nH]c3c2)CC1. The Labute approximate surface area is 209 Å². The molecule has 0 amide bonds. The van der Waals surface area contributed by atoms with Gasteiger partial charge in [-0.25, -0.2) is 4.98 Å². The second-order valence-electron chi connectivity index (χ2n) is 9.64. The number of aromatic amines is 1. The van der Waals surface area contributed by atoms with Crippen molar-refractivity contribution in [2.24, 2.45) is 0 Å². The second-order valence-corrected chi connectivity index (χ2v) is 9.64. The quantitative estimate of drug-likeness (QED) is 0.362. The summed E-state index contributed by atoms with van der Waals surface area (Å²) in [5.41, 5.74) is 5.87. The number of piperidine rings is 1. The molecule has 180 valence electrons. The highest BCUT2D eigenvalue weighted by Gasteiger charge is 2.22. The van der Waals surface area contributed by atoms with Crippen molar-refractivity contribution in [3.8, 4) is 11.3 Å². The van der Waals surface area contributed by atoms with Crippen LogP contribution < -0.4 is 4.90 Å². The van der Waals surface area contributed by atoms with Crippen LogP contribution in [-0.4, -0.2) is 63.8 Å². The van der Waals surface area contributed by atoms with Gasteiger partial charge in [0.15, 0.2) is 5.82 Å². The van der Waals surface area contributed by atoms with Gasteiger partial charge in [-0.15, -0.1) is 0 Å². The Morgan fingerprint density at radius 2 is 1.81 bits per heavy atom. The van der Waals surface area contributed by atoms with Gasteiger partial charge in [-0.1, -0.05) is 18.2 Å². The van der Waals surface area contributed by atoms with Crippen molar-refractivity contribution in [3.05, 3.63) is 84.4 Å². The predicted octanol–water partition coefficient (Wildman–Crippen LogP) is 4.93. The zero-order valence-corrected chi connectivity index (χ0v) is 20.5. The largest absolute Gasteiger partial charge is 0.371 e. The Bertz CT molecular complexity index is 1560. The Hall–Kier alpha value is -4.10. The molecule has 0 unspecified atom stereocenters. The Balaban J connectivity index is 1.25. The molecule has 0 bridgehead atoms. The van der Waals surface area contributed by atoms with Gasteiger partial charge >= 0.3 is 0 Å². The van der Waals surface area contributed by atoms with Crippen molar-refractivity contribution in [1.29, 1.82) is 0 Å². The molecule has 0 saturated carbocycles. The fraction of sp³-hybridized carbons (Fsp3) is 0.241. The van der Waals surface area contributed by atoms with Crippen LogP contribution in [0.2, 0.25) is 0 Å². The summed E-state index contributed by atoms with van der Waals surface area (Å²) in [5, 5.41) is 1.03. The van der Waals surface area contributed by atoms with Gasteiger partial charge in [0, 0.05) is 53.7 Å². The van der Waals surface area contributed by atoms with Crippen LogP contribution >= 0.6 is 0 Å². The number of nitrogens with zero attached hydrogens (tertiary/aromatic N) is 5. The molecule has 0 spiro atoms. The molecule has 36 heavy (non-hydrogen) atoms. The van der Waals surface area contributed by atoms with Crippen LogP contribution in [0.1, 0.15) is 29.0 Å². The zero-order valence-electron chi connectivity index (χ0n) is 20.5. The van der Waals surface area contributed by atoms with E-state index in [-0.39, 0.29) is 5.78 Å². The fourth-order valence-corrected chi connectivity index (χ4v) is 5.02. The standard InChI is InChI=1S/C29H28N6O/c1-34(2)22-10-13-35(14-11-22)23-7-8-25-27(17-23)33-29(32-25)28(36)20-9-12-30-26(16-20)21-15-19-5-3-4-6-24(19)31-18-21/h3-9,12,15-18,22H,10-11,13-14H2,1-2H3,(H,32,33). The molecule has 1 fully saturated rings. The van der Waals surface area contributed by atoms with Crippen LogP contribution in [-0.2, 0) is 0 Å². The van der Waals surface area contributed by atoms with Crippen LogP contribution in [0.4, 0.5) is 5.69 Å². The van der Waals surface area contributed by atoms with Crippen LogP contribution in [0.3, 0.4) is 0 Å². The summed E-state index contributed by atoms with van der Waals surface area (Å²) in [6.07, 6.45) is 5.75. The monoisotopic (exact) mass is 476 g/mol. The first-order chi connectivity index (χ1) is 17.5. The molecule has 0 radical (unpaired) electrons. The number of anilines is 1. The zero-order chi connectivity index (χ0) is 24.6. The molecule has 0 aliphatic carbocycles. The number of carbonyl (C=O) groups excluding carboxylic acids is 1. The normalized spacial score (nSPS) is 14.7. The lowest BCUT2D eigenvalue weighted by Crippen LogP contribution is -2.41. The van der Waals surface area contributed by atoms with Gasteiger partial charge in [-0.2, -0.15) is 0 Å². The van der Waals surface area contributed by atoms with E-state index in [1.165, 1.54) is 0 Å². The molecule has 2 aromatic carbocycles. The highest BCUT2D eigenvalue weighted by molar-refractivity contribution is 6.08. The van der Waals surface area contributed by atoms with E-state index in [1.54, 1.807) is 18.5 Å². The van der Waals surface area contributed by atoms with Gasteiger partial charge in [0.05, 0.1) is 22.2 Å². The summed E-state index contributed by atoms with van der Waals surface area (Å²) in [5.74, 6) is 0.180. The summed E-state index contributed by atoms with van der Waals surface area (Å²) >= 11 is 0. The molecule has 6 rings (SSSR count). The van der Waals surface area contributed by atoms with Crippen LogP contribution in [0.5, 0.6) is 0 Å². The molecule has 1 saturated heterocycles. The summed E-state index contributed by atoms with van der Waals surface area (Å²) < 4.78 is 0. The molecule has 1 N–H and O–H groups in total. The number of benzene rings is 2. The van der Waals surface area contributed by atoms with E-state index in [2.05, 4.69) is 56.0 Å². The second kappa shape index (κ2) is 9.17. The lowest BCUT2D eigenvalue weighted by Gasteiger charge is -2.36. The molecule has 1 aliphatic rings. The first kappa shape index (κ1) is 22.4. The van der Waals surface area contributed by atoms with Gasteiger partial charge < -0.3 is 14.8 Å². The molecule has 7 heteroatoms. The predicted molar refractivity (Wildman–Crippen MR) is 143 cm³/mol. The van der Waals surface area contributed by atoms with Gasteiger partial charge in [0.25, 0.3) is 0 Å². The smallest absolute Gasteiger partial charge is 0.228 e. The van der Waals surface area contributed by atoms with E-state index >= 15 is 0 Å². The lowest BCUT2D eigenvalue weighted by atomic mass is 10.0. The number of aromatic nitrogens is 4. The maximum absolute atomic E-state index is 13.3. The van der Waals surface area contributed by atoms with Crippen molar-refractivity contribution in [2.45, 2.75) is 18.9 Å². The minimum absolute atomic E-state index is 0.156. The maximum Gasteiger partial charge on any atom is 0.228 e. The van der Waals surface area contributed by atoms with E-state index in [4.69, 9.17) is 0 Å². The first-order valence-electron chi connectivity index (χ1n) is 12.3. The number of hydrogen-bond donors (Lipinski definition) is 1. The minimum Gasteiger partial charge on any atom is -0.371 e. The summed E-state index contributed by atoms with van der Waals surface area (Å²) in [4.78, 5) is 34.9. The van der Waals surface area contributed by atoms with E-state index in [1.807, 2.05) is 42.5 Å². The average molecular weight is 477 g/mol. The number of ketones is 1.